The van der Waals surface area contributed by atoms with Gasteiger partial charge in [0.25, 0.3) is 0 Å². The second kappa shape index (κ2) is 10.6. The summed E-state index contributed by atoms with van der Waals surface area (Å²) in [5.41, 5.74) is 1.26. The van der Waals surface area contributed by atoms with E-state index in [0.717, 1.165) is 31.7 Å². The molecule has 1 aliphatic rings. The highest BCUT2D eigenvalue weighted by Gasteiger charge is 2.28. The maximum absolute atomic E-state index is 12.8. The Morgan fingerprint density at radius 2 is 1.90 bits per heavy atom. The Bertz CT molecular complexity index is 818. The van der Waals surface area contributed by atoms with E-state index in [-0.39, 0.29) is 11.8 Å². The maximum Gasteiger partial charge on any atom is 0.406 e. The van der Waals surface area contributed by atoms with E-state index in [2.05, 4.69) is 27.2 Å². The number of nitrogens with zero attached hydrogens (tertiary/aromatic N) is 2. The molecule has 2 amide bonds. The van der Waals surface area contributed by atoms with Gasteiger partial charge in [0.2, 0.25) is 11.8 Å². The number of amides is 2. The summed E-state index contributed by atoms with van der Waals surface area (Å²) in [7, 11) is 1.32. The Balaban J connectivity index is 1.51. The highest BCUT2D eigenvalue weighted by molar-refractivity contribution is 5.80. The standard InChI is InChI=1S/C23H29N3O4/c1-3-17(16-25-23(28)29-2)22(27)26-14-11-19(12-15-26)18-7-9-20(10-8-18)30-21-6-4-5-13-24-21/h4-10,13,17,19H,3,11-12,14-16H2,1-2H3,(H,25,28). The predicted octanol–water partition coefficient (Wildman–Crippen LogP) is 3.96. The number of alkyl carbamates (subject to hydrolysis) is 1. The van der Waals surface area contributed by atoms with Crippen LogP contribution in [0.15, 0.2) is 48.7 Å². The first kappa shape index (κ1) is 21.6. The molecule has 1 atom stereocenters. The van der Waals surface area contributed by atoms with Crippen LogP contribution in [0.3, 0.4) is 0 Å². The Morgan fingerprint density at radius 3 is 2.50 bits per heavy atom. The quantitative estimate of drug-likeness (QED) is 0.746. The number of hydrogen-bond acceptors (Lipinski definition) is 5. The molecule has 0 spiro atoms. The lowest BCUT2D eigenvalue weighted by molar-refractivity contribution is -0.136. The molecule has 1 aliphatic heterocycles. The van der Waals surface area contributed by atoms with Crippen molar-refractivity contribution < 1.29 is 19.1 Å². The van der Waals surface area contributed by atoms with E-state index in [1.54, 1.807) is 6.20 Å². The normalized spacial score (nSPS) is 15.3. The highest BCUT2D eigenvalue weighted by atomic mass is 16.5. The number of likely N-dealkylation sites (tertiary alicyclic amines) is 1. The van der Waals surface area contributed by atoms with Gasteiger partial charge in [0.15, 0.2) is 0 Å². The van der Waals surface area contributed by atoms with E-state index in [4.69, 9.17) is 4.74 Å². The van der Waals surface area contributed by atoms with Crippen molar-refractivity contribution in [3.05, 3.63) is 54.2 Å². The minimum Gasteiger partial charge on any atom is -0.453 e. The zero-order valence-corrected chi connectivity index (χ0v) is 17.5. The van der Waals surface area contributed by atoms with E-state index in [1.807, 2.05) is 42.2 Å². The average molecular weight is 412 g/mol. The van der Waals surface area contributed by atoms with Gasteiger partial charge in [-0.2, -0.15) is 0 Å². The molecule has 2 heterocycles. The molecule has 2 aromatic rings. The van der Waals surface area contributed by atoms with Gasteiger partial charge < -0.3 is 19.7 Å². The first-order valence-electron chi connectivity index (χ1n) is 10.4. The molecule has 1 aromatic carbocycles. The SMILES string of the molecule is CCC(CNC(=O)OC)C(=O)N1CCC(c2ccc(Oc3ccccn3)cc2)CC1. The largest absolute Gasteiger partial charge is 0.453 e. The van der Waals surface area contributed by atoms with Crippen LogP contribution in [0.2, 0.25) is 0 Å². The monoisotopic (exact) mass is 411 g/mol. The lowest BCUT2D eigenvalue weighted by atomic mass is 9.89. The number of ether oxygens (including phenoxy) is 2. The minimum atomic E-state index is -0.504. The van der Waals surface area contributed by atoms with Crippen molar-refractivity contribution in [2.24, 2.45) is 5.92 Å². The fourth-order valence-corrected chi connectivity index (χ4v) is 3.71. The second-order valence-electron chi connectivity index (χ2n) is 7.42. The van der Waals surface area contributed by atoms with Crippen LogP contribution in [0, 0.1) is 5.92 Å². The number of rotatable bonds is 7. The molecule has 0 aliphatic carbocycles. The molecule has 1 N–H and O–H groups in total. The van der Waals surface area contributed by atoms with Crippen LogP contribution in [-0.4, -0.2) is 48.6 Å². The average Bonchev–Trinajstić information content (AvgIpc) is 2.80. The van der Waals surface area contributed by atoms with Gasteiger partial charge in [-0.15, -0.1) is 0 Å². The van der Waals surface area contributed by atoms with Gasteiger partial charge in [0, 0.05) is 31.9 Å². The molecule has 160 valence electrons. The third-order valence-electron chi connectivity index (χ3n) is 5.54. The molecule has 0 bridgehead atoms. The van der Waals surface area contributed by atoms with Gasteiger partial charge in [-0.3, -0.25) is 4.79 Å². The summed E-state index contributed by atoms with van der Waals surface area (Å²) in [5, 5.41) is 2.64. The number of aromatic nitrogens is 1. The summed E-state index contributed by atoms with van der Waals surface area (Å²) in [6.07, 6.45) is 3.73. The molecule has 1 saturated heterocycles. The lowest BCUT2D eigenvalue weighted by Crippen LogP contribution is -2.44. The van der Waals surface area contributed by atoms with Gasteiger partial charge >= 0.3 is 6.09 Å². The van der Waals surface area contributed by atoms with Crippen molar-refractivity contribution in [3.8, 4) is 11.6 Å². The number of piperidine rings is 1. The molecular weight excluding hydrogens is 382 g/mol. The number of carbonyl (C=O) groups excluding carboxylic acids is 2. The third-order valence-corrected chi connectivity index (χ3v) is 5.54. The minimum absolute atomic E-state index is 0.103. The summed E-state index contributed by atoms with van der Waals surface area (Å²) < 4.78 is 10.3. The Kier molecular flexibility index (Phi) is 7.65. The number of benzene rings is 1. The van der Waals surface area contributed by atoms with Crippen LogP contribution in [0.5, 0.6) is 11.6 Å². The van der Waals surface area contributed by atoms with Crippen molar-refractivity contribution in [2.45, 2.75) is 32.1 Å². The number of carbonyl (C=O) groups is 2. The van der Waals surface area contributed by atoms with Crippen molar-refractivity contribution in [2.75, 3.05) is 26.7 Å². The van der Waals surface area contributed by atoms with Crippen molar-refractivity contribution in [1.29, 1.82) is 0 Å². The van der Waals surface area contributed by atoms with Gasteiger partial charge in [0.1, 0.15) is 5.75 Å². The molecule has 1 unspecified atom stereocenters. The Morgan fingerprint density at radius 1 is 1.17 bits per heavy atom. The summed E-state index contributed by atoms with van der Waals surface area (Å²) in [5.74, 6) is 1.64. The van der Waals surface area contributed by atoms with Crippen LogP contribution in [0.25, 0.3) is 0 Å². The Labute approximate surface area is 177 Å². The topological polar surface area (TPSA) is 80.8 Å². The van der Waals surface area contributed by atoms with E-state index in [1.165, 1.54) is 12.7 Å². The second-order valence-corrected chi connectivity index (χ2v) is 7.42. The first-order chi connectivity index (χ1) is 14.6. The molecular formula is C23H29N3O4. The van der Waals surface area contributed by atoms with E-state index < -0.39 is 6.09 Å². The van der Waals surface area contributed by atoms with Gasteiger partial charge in [0.05, 0.1) is 13.0 Å². The number of methoxy groups -OCH3 is 1. The smallest absolute Gasteiger partial charge is 0.406 e. The summed E-state index contributed by atoms with van der Waals surface area (Å²) in [4.78, 5) is 30.2. The summed E-state index contributed by atoms with van der Waals surface area (Å²) >= 11 is 0. The van der Waals surface area contributed by atoms with Crippen molar-refractivity contribution >= 4 is 12.0 Å². The molecule has 7 nitrogen and oxygen atoms in total. The number of pyridine rings is 1. The van der Waals surface area contributed by atoms with Crippen LogP contribution < -0.4 is 10.1 Å². The summed E-state index contributed by atoms with van der Waals surface area (Å²) in [6, 6.07) is 13.7. The molecule has 1 fully saturated rings. The van der Waals surface area contributed by atoms with Crippen LogP contribution in [0.1, 0.15) is 37.7 Å². The number of nitrogens with one attached hydrogen (secondary N) is 1. The van der Waals surface area contributed by atoms with E-state index in [0.29, 0.717) is 24.8 Å². The lowest BCUT2D eigenvalue weighted by Gasteiger charge is -2.34. The third kappa shape index (κ3) is 5.72. The fraction of sp³-hybridized carbons (Fsp3) is 0.435. The van der Waals surface area contributed by atoms with Crippen LogP contribution in [-0.2, 0) is 9.53 Å². The molecule has 0 radical (unpaired) electrons. The first-order valence-corrected chi connectivity index (χ1v) is 10.4. The Hall–Kier alpha value is -3.09. The van der Waals surface area contributed by atoms with Gasteiger partial charge in [-0.1, -0.05) is 25.1 Å². The molecule has 30 heavy (non-hydrogen) atoms. The van der Waals surface area contributed by atoms with Gasteiger partial charge in [-0.05, 0) is 48.9 Å². The molecule has 3 rings (SSSR count). The van der Waals surface area contributed by atoms with Gasteiger partial charge in [-0.25, -0.2) is 9.78 Å². The zero-order chi connectivity index (χ0) is 21.3. The van der Waals surface area contributed by atoms with E-state index >= 15 is 0 Å². The maximum atomic E-state index is 12.8. The van der Waals surface area contributed by atoms with Crippen molar-refractivity contribution in [1.82, 2.24) is 15.2 Å². The zero-order valence-electron chi connectivity index (χ0n) is 17.5. The van der Waals surface area contributed by atoms with Crippen LogP contribution in [0.4, 0.5) is 4.79 Å². The molecule has 7 heteroatoms. The molecule has 0 saturated carbocycles. The van der Waals surface area contributed by atoms with E-state index in [9.17, 15) is 9.59 Å². The highest BCUT2D eigenvalue weighted by Crippen LogP contribution is 2.30. The fourth-order valence-electron chi connectivity index (χ4n) is 3.71. The number of hydrogen-bond donors (Lipinski definition) is 1. The predicted molar refractivity (Wildman–Crippen MR) is 113 cm³/mol. The van der Waals surface area contributed by atoms with Crippen molar-refractivity contribution in [3.63, 3.8) is 0 Å². The van der Waals surface area contributed by atoms with Crippen LogP contribution >= 0.6 is 0 Å². The molecule has 1 aromatic heterocycles. The summed E-state index contributed by atoms with van der Waals surface area (Å²) in [6.45, 7) is 3.72.